The number of benzene rings is 1. The molecule has 0 unspecified atom stereocenters. The first-order valence-electron chi connectivity index (χ1n) is 8.58. The number of hydrogen-bond donors (Lipinski definition) is 1. The van der Waals surface area contributed by atoms with E-state index in [2.05, 4.69) is 52.8 Å². The van der Waals surface area contributed by atoms with Crippen molar-refractivity contribution in [3.63, 3.8) is 0 Å². The van der Waals surface area contributed by atoms with Crippen molar-refractivity contribution >= 4 is 0 Å². The Bertz CT molecular complexity index is 543. The zero-order valence-electron chi connectivity index (χ0n) is 14.2. The summed E-state index contributed by atoms with van der Waals surface area (Å²) in [6.45, 7) is 11.7. The Morgan fingerprint density at radius 3 is 2.52 bits per heavy atom. The molecule has 0 bridgehead atoms. The highest BCUT2D eigenvalue weighted by atomic mass is 16.3. The van der Waals surface area contributed by atoms with Gasteiger partial charge in [-0.25, -0.2) is 0 Å². The molecule has 0 heterocycles. The molecule has 0 spiro atoms. The van der Waals surface area contributed by atoms with E-state index in [4.69, 9.17) is 0 Å². The lowest BCUT2D eigenvalue weighted by atomic mass is 9.50. The Labute approximate surface area is 129 Å². The monoisotopic (exact) mass is 286 g/mol. The fraction of sp³-hybridized carbons (Fsp3) is 0.700. The molecule has 1 heteroatoms. The molecule has 0 radical (unpaired) electrons. The molecular formula is C20H30O. The van der Waals surface area contributed by atoms with E-state index in [9.17, 15) is 5.11 Å². The van der Waals surface area contributed by atoms with Gasteiger partial charge in [0.2, 0.25) is 0 Å². The van der Waals surface area contributed by atoms with Gasteiger partial charge in [0.1, 0.15) is 0 Å². The lowest BCUT2D eigenvalue weighted by molar-refractivity contribution is -0.00675. The summed E-state index contributed by atoms with van der Waals surface area (Å²) in [6.07, 6.45) is 4.51. The quantitative estimate of drug-likeness (QED) is 0.739. The number of rotatable bonds is 1. The highest BCUT2D eigenvalue weighted by Crippen LogP contribution is 2.59. The van der Waals surface area contributed by atoms with E-state index < -0.39 is 0 Å². The maximum atomic E-state index is 10.8. The molecule has 1 aromatic carbocycles. The van der Waals surface area contributed by atoms with Gasteiger partial charge in [-0.05, 0) is 58.6 Å². The standard InChI is InChI=1S/C20H30O/c1-13(2)14-7-8-16-15(11-14)17(21)12-18-19(3,4)9-6-10-20(16,18)5/h7-8,11,13,17-18,21H,6,9-10,12H2,1-5H3/t17-,18+,20-/m1/s1. The van der Waals surface area contributed by atoms with Crippen molar-refractivity contribution in [2.75, 3.05) is 0 Å². The fourth-order valence-corrected chi connectivity index (χ4v) is 5.11. The molecule has 3 rings (SSSR count). The second-order valence-electron chi connectivity index (χ2n) is 8.57. The van der Waals surface area contributed by atoms with E-state index in [0.717, 1.165) is 6.42 Å². The van der Waals surface area contributed by atoms with Gasteiger partial charge in [-0.15, -0.1) is 0 Å². The van der Waals surface area contributed by atoms with Gasteiger partial charge in [-0.2, -0.15) is 0 Å². The van der Waals surface area contributed by atoms with Gasteiger partial charge in [-0.1, -0.05) is 59.2 Å². The van der Waals surface area contributed by atoms with Crippen molar-refractivity contribution in [3.8, 4) is 0 Å². The SMILES string of the molecule is CC(C)c1ccc2c(c1)[C@H](O)C[C@H]1C(C)(C)CCC[C@]21C. The van der Waals surface area contributed by atoms with Crippen LogP contribution in [-0.2, 0) is 5.41 Å². The van der Waals surface area contributed by atoms with Crippen LogP contribution in [0, 0.1) is 11.3 Å². The summed E-state index contributed by atoms with van der Waals surface area (Å²) in [5.41, 5.74) is 4.56. The molecule has 2 aliphatic carbocycles. The van der Waals surface area contributed by atoms with Crippen molar-refractivity contribution in [1.29, 1.82) is 0 Å². The van der Waals surface area contributed by atoms with Crippen molar-refractivity contribution < 1.29 is 5.11 Å². The Hall–Kier alpha value is -0.820. The largest absolute Gasteiger partial charge is 0.388 e. The lowest BCUT2D eigenvalue weighted by Crippen LogP contribution is -2.48. The third kappa shape index (κ3) is 2.25. The van der Waals surface area contributed by atoms with Crippen LogP contribution in [0.4, 0.5) is 0 Å². The predicted octanol–water partition coefficient (Wildman–Crippen LogP) is 5.33. The first-order valence-corrected chi connectivity index (χ1v) is 8.58. The average Bonchev–Trinajstić information content (AvgIpc) is 2.41. The van der Waals surface area contributed by atoms with Crippen LogP contribution in [0.5, 0.6) is 0 Å². The number of fused-ring (bicyclic) bond motifs is 3. The zero-order valence-corrected chi connectivity index (χ0v) is 14.2. The lowest BCUT2D eigenvalue weighted by Gasteiger charge is -2.55. The highest BCUT2D eigenvalue weighted by molar-refractivity contribution is 5.43. The van der Waals surface area contributed by atoms with Gasteiger partial charge in [0.15, 0.2) is 0 Å². The minimum absolute atomic E-state index is 0.242. The average molecular weight is 286 g/mol. The molecule has 1 fully saturated rings. The Morgan fingerprint density at radius 2 is 1.86 bits per heavy atom. The smallest absolute Gasteiger partial charge is 0.0796 e. The predicted molar refractivity (Wildman–Crippen MR) is 88.6 cm³/mol. The van der Waals surface area contributed by atoms with Crippen LogP contribution in [0.2, 0.25) is 0 Å². The highest BCUT2D eigenvalue weighted by Gasteiger charge is 2.51. The molecule has 0 aromatic heterocycles. The van der Waals surface area contributed by atoms with Gasteiger partial charge in [-0.3, -0.25) is 0 Å². The van der Waals surface area contributed by atoms with Gasteiger partial charge in [0.25, 0.3) is 0 Å². The molecule has 0 aliphatic heterocycles. The normalized spacial score (nSPS) is 34.4. The molecule has 1 N–H and O–H groups in total. The van der Waals surface area contributed by atoms with E-state index in [1.165, 1.54) is 36.0 Å². The van der Waals surface area contributed by atoms with Crippen LogP contribution in [0.25, 0.3) is 0 Å². The minimum atomic E-state index is -0.283. The van der Waals surface area contributed by atoms with Crippen LogP contribution in [0.3, 0.4) is 0 Å². The molecule has 1 nitrogen and oxygen atoms in total. The third-order valence-corrected chi connectivity index (χ3v) is 6.41. The topological polar surface area (TPSA) is 20.2 Å². The molecule has 1 aromatic rings. The minimum Gasteiger partial charge on any atom is -0.388 e. The first-order chi connectivity index (χ1) is 9.75. The van der Waals surface area contributed by atoms with Gasteiger partial charge < -0.3 is 5.11 Å². The molecule has 3 atom stereocenters. The number of hydrogen-bond acceptors (Lipinski definition) is 1. The summed E-state index contributed by atoms with van der Waals surface area (Å²) in [4.78, 5) is 0. The summed E-state index contributed by atoms with van der Waals surface area (Å²) < 4.78 is 0. The van der Waals surface area contributed by atoms with E-state index in [1.54, 1.807) is 0 Å². The van der Waals surface area contributed by atoms with E-state index in [1.807, 2.05) is 0 Å². The van der Waals surface area contributed by atoms with E-state index >= 15 is 0 Å². The maximum Gasteiger partial charge on any atom is 0.0796 e. The van der Waals surface area contributed by atoms with Crippen LogP contribution in [0.1, 0.15) is 89.0 Å². The zero-order chi connectivity index (χ0) is 15.4. The third-order valence-electron chi connectivity index (χ3n) is 6.41. The summed E-state index contributed by atoms with van der Waals surface area (Å²) in [5.74, 6) is 1.11. The molecule has 1 saturated carbocycles. The van der Waals surface area contributed by atoms with Crippen LogP contribution < -0.4 is 0 Å². The molecule has 116 valence electrons. The molecular weight excluding hydrogens is 256 g/mol. The van der Waals surface area contributed by atoms with Crippen molar-refractivity contribution in [2.24, 2.45) is 11.3 Å². The Morgan fingerprint density at radius 1 is 1.14 bits per heavy atom. The van der Waals surface area contributed by atoms with E-state index in [-0.39, 0.29) is 11.5 Å². The van der Waals surface area contributed by atoms with Crippen molar-refractivity contribution in [1.82, 2.24) is 0 Å². The summed E-state index contributed by atoms with van der Waals surface area (Å²) >= 11 is 0. The Kier molecular flexibility index (Phi) is 3.48. The Balaban J connectivity index is 2.12. The first kappa shape index (κ1) is 15.1. The van der Waals surface area contributed by atoms with Gasteiger partial charge >= 0.3 is 0 Å². The maximum absolute atomic E-state index is 10.8. The second-order valence-corrected chi connectivity index (χ2v) is 8.57. The van der Waals surface area contributed by atoms with Gasteiger partial charge in [0, 0.05) is 0 Å². The fourth-order valence-electron chi connectivity index (χ4n) is 5.11. The van der Waals surface area contributed by atoms with Crippen LogP contribution in [-0.4, -0.2) is 5.11 Å². The van der Waals surface area contributed by atoms with Gasteiger partial charge in [0.05, 0.1) is 6.10 Å². The number of aliphatic hydroxyl groups is 1. The van der Waals surface area contributed by atoms with Crippen molar-refractivity contribution in [2.45, 2.75) is 77.7 Å². The molecule has 21 heavy (non-hydrogen) atoms. The molecule has 0 saturated heterocycles. The summed E-state index contributed by atoms with van der Waals surface area (Å²) in [5, 5.41) is 10.8. The summed E-state index contributed by atoms with van der Waals surface area (Å²) in [6, 6.07) is 6.88. The van der Waals surface area contributed by atoms with E-state index in [0.29, 0.717) is 17.3 Å². The van der Waals surface area contributed by atoms with Crippen LogP contribution >= 0.6 is 0 Å². The second kappa shape index (κ2) is 4.84. The van der Waals surface area contributed by atoms with Crippen molar-refractivity contribution in [3.05, 3.63) is 34.9 Å². The summed E-state index contributed by atoms with van der Waals surface area (Å²) in [7, 11) is 0. The molecule has 2 aliphatic rings. The number of aliphatic hydroxyl groups excluding tert-OH is 1. The van der Waals surface area contributed by atoms with Crippen LogP contribution in [0.15, 0.2) is 18.2 Å². The molecule has 0 amide bonds.